The van der Waals surface area contributed by atoms with Gasteiger partial charge in [-0.3, -0.25) is 19.1 Å². The summed E-state index contributed by atoms with van der Waals surface area (Å²) in [6, 6.07) is 6.87. The topological polar surface area (TPSA) is 116 Å². The van der Waals surface area contributed by atoms with Crippen molar-refractivity contribution in [3.05, 3.63) is 29.3 Å². The van der Waals surface area contributed by atoms with Crippen LogP contribution in [0.15, 0.2) is 6.07 Å². The van der Waals surface area contributed by atoms with Crippen LogP contribution in [0.2, 0.25) is 0 Å². The molecule has 0 heterocycles. The Bertz CT molecular complexity index is 850. The van der Waals surface area contributed by atoms with Crippen LogP contribution in [0, 0.1) is 17.5 Å². The smallest absolute Gasteiger partial charge is 0.319 e. The molecule has 1 fully saturated rings. The number of Topliss-reactive ketones (excluding diaryl/α,β-unsaturated/α-hetero) is 1. The van der Waals surface area contributed by atoms with Gasteiger partial charge < -0.3 is 9.47 Å². The lowest BCUT2D eigenvalue weighted by Gasteiger charge is -2.24. The molecule has 1 aliphatic rings. The van der Waals surface area contributed by atoms with Crippen LogP contribution in [-0.4, -0.2) is 32.9 Å². The molecule has 0 aromatic heterocycles. The summed E-state index contributed by atoms with van der Waals surface area (Å²) in [6.07, 6.45) is 4.17. The van der Waals surface area contributed by atoms with Crippen LogP contribution < -0.4 is 4.72 Å². The van der Waals surface area contributed by atoms with E-state index in [9.17, 15) is 22.8 Å². The molecule has 0 spiro atoms. The second-order valence-corrected chi connectivity index (χ2v) is 8.73. The minimum Gasteiger partial charge on any atom is -0.462 e. The number of anilines is 1. The zero-order valence-electron chi connectivity index (χ0n) is 15.9. The van der Waals surface area contributed by atoms with Gasteiger partial charge in [0.2, 0.25) is 10.0 Å². The van der Waals surface area contributed by atoms with Crippen LogP contribution in [0.5, 0.6) is 0 Å². The number of ketones is 1. The minimum atomic E-state index is -3.61. The molecule has 2 rings (SSSR count). The molecule has 1 unspecified atom stereocenters. The average Bonchev–Trinajstić information content (AvgIpc) is 2.79. The predicted octanol–water partition coefficient (Wildman–Crippen LogP) is 1.91. The molecule has 1 saturated carbocycles. The van der Waals surface area contributed by atoms with Crippen molar-refractivity contribution in [1.82, 2.24) is 0 Å². The summed E-state index contributed by atoms with van der Waals surface area (Å²) in [5.74, 6) is -0.771. The van der Waals surface area contributed by atoms with Crippen LogP contribution in [0.25, 0.3) is 0 Å². The second kappa shape index (κ2) is 9.06. The zero-order chi connectivity index (χ0) is 20.8. The molecule has 8 nitrogen and oxygen atoms in total. The Morgan fingerprint density at radius 3 is 2.71 bits per heavy atom. The monoisotopic (exact) mass is 409 g/mol. The van der Waals surface area contributed by atoms with Crippen LogP contribution in [-0.2, 0) is 47.1 Å². The first kappa shape index (κ1) is 21.7. The molecule has 1 aromatic rings. The summed E-state index contributed by atoms with van der Waals surface area (Å²) in [5, 5.41) is 0. The van der Waals surface area contributed by atoms with Crippen molar-refractivity contribution in [2.24, 2.45) is 5.41 Å². The summed E-state index contributed by atoms with van der Waals surface area (Å²) in [5.41, 5.74) is -0.420. The average molecular weight is 409 g/mol. The van der Waals surface area contributed by atoms with E-state index in [-0.39, 0.29) is 36.7 Å². The fraction of sp³-hybridized carbons (Fsp3) is 0.526. The van der Waals surface area contributed by atoms with Crippen molar-refractivity contribution < 1.29 is 32.3 Å². The number of ether oxygens (including phenoxy) is 2. The van der Waals surface area contributed by atoms with E-state index in [0.717, 1.165) is 25.5 Å². The van der Waals surface area contributed by atoms with Crippen LogP contribution >= 0.6 is 0 Å². The molecule has 0 saturated heterocycles. The van der Waals surface area contributed by atoms with E-state index in [0.29, 0.717) is 18.4 Å². The third-order valence-electron chi connectivity index (χ3n) is 4.61. The van der Waals surface area contributed by atoms with Gasteiger partial charge in [0.05, 0.1) is 17.5 Å². The maximum Gasteiger partial charge on any atom is 0.319 e. The molecule has 0 aliphatic heterocycles. The third-order valence-corrected chi connectivity index (χ3v) is 5.20. The lowest BCUT2D eigenvalue weighted by atomic mass is 9.81. The van der Waals surface area contributed by atoms with Gasteiger partial charge in [-0.05, 0) is 25.8 Å². The summed E-state index contributed by atoms with van der Waals surface area (Å²) in [4.78, 5) is 35.3. The number of hydrogen-bond acceptors (Lipinski definition) is 7. The molecule has 1 atom stereocenters. The van der Waals surface area contributed by atoms with Gasteiger partial charge in [-0.15, -0.1) is 0 Å². The van der Waals surface area contributed by atoms with Gasteiger partial charge in [0.15, 0.2) is 0 Å². The summed E-state index contributed by atoms with van der Waals surface area (Å²) in [7, 11) is -3.61. The fourth-order valence-electron chi connectivity index (χ4n) is 3.00. The normalized spacial score (nSPS) is 19.9. The first-order valence-corrected chi connectivity index (χ1v) is 10.7. The Balaban J connectivity index is 2.18. The molecule has 1 N–H and O–H groups in total. The van der Waals surface area contributed by atoms with Gasteiger partial charge in [-0.25, -0.2) is 8.42 Å². The highest BCUT2D eigenvalue weighted by Crippen LogP contribution is 2.33. The molecule has 1 aliphatic carbocycles. The van der Waals surface area contributed by atoms with Gasteiger partial charge in [-0.2, -0.15) is 0 Å². The number of esters is 1. The van der Waals surface area contributed by atoms with E-state index in [1.54, 1.807) is 6.92 Å². The lowest BCUT2D eigenvalue weighted by Crippen LogP contribution is -2.37. The number of carbonyl (C=O) groups is 3. The van der Waals surface area contributed by atoms with Gasteiger partial charge in [0, 0.05) is 12.0 Å². The first-order chi connectivity index (χ1) is 13.2. The minimum absolute atomic E-state index is 0.106. The quantitative estimate of drug-likeness (QED) is 0.302. The van der Waals surface area contributed by atoms with E-state index in [1.165, 1.54) is 6.07 Å². The molecular formula is C19H23NO7S. The molecule has 152 valence electrons. The summed E-state index contributed by atoms with van der Waals surface area (Å²) in [6.45, 7) is 1.47. The standard InChI is InChI=1S/C19H23NO7S/c1-19(9-5-3-4-6-17(19)22)18(23)27-12-15-8-7-14(11-26-13-21)10-16(15)20-28(2,24)25/h10,13,20H,3-6,9,11-12H2,1-2H3. The molecule has 0 amide bonds. The van der Waals surface area contributed by atoms with Crippen molar-refractivity contribution in [3.8, 4) is 0 Å². The highest BCUT2D eigenvalue weighted by Gasteiger charge is 2.42. The van der Waals surface area contributed by atoms with Crippen molar-refractivity contribution >= 4 is 33.9 Å². The molecule has 9 heteroatoms. The first-order valence-electron chi connectivity index (χ1n) is 8.85. The SMILES string of the molecule is CC1(C(=O)OCc2c#cc(COC=O)cc2NS(C)(=O)=O)CCCCCC1=O. The van der Waals surface area contributed by atoms with E-state index in [2.05, 4.69) is 21.6 Å². The summed E-state index contributed by atoms with van der Waals surface area (Å²) < 4.78 is 35.5. The lowest BCUT2D eigenvalue weighted by molar-refractivity contribution is -0.161. The number of carbonyl (C=O) groups excluding carboxylic acids is 3. The van der Waals surface area contributed by atoms with E-state index >= 15 is 0 Å². The van der Waals surface area contributed by atoms with Crippen molar-refractivity contribution in [1.29, 1.82) is 0 Å². The number of hydrogen-bond donors (Lipinski definition) is 1. The highest BCUT2D eigenvalue weighted by atomic mass is 32.2. The molecule has 1 aromatic carbocycles. The molecule has 28 heavy (non-hydrogen) atoms. The Hall–Kier alpha value is -2.60. The van der Waals surface area contributed by atoms with E-state index in [1.807, 2.05) is 0 Å². The number of nitrogens with one attached hydrogen (secondary N) is 1. The van der Waals surface area contributed by atoms with E-state index in [4.69, 9.17) is 4.74 Å². The Kier molecular flexibility index (Phi) is 7.02. The Labute approximate surface area is 164 Å². The van der Waals surface area contributed by atoms with Gasteiger partial charge in [0.1, 0.15) is 24.4 Å². The largest absolute Gasteiger partial charge is 0.462 e. The molecule has 0 bridgehead atoms. The van der Waals surface area contributed by atoms with Gasteiger partial charge in [-0.1, -0.05) is 25.0 Å². The van der Waals surface area contributed by atoms with E-state index < -0.39 is 21.4 Å². The Morgan fingerprint density at radius 2 is 2.04 bits per heavy atom. The summed E-state index contributed by atoms with van der Waals surface area (Å²) >= 11 is 0. The van der Waals surface area contributed by atoms with Crippen LogP contribution in [0.3, 0.4) is 0 Å². The highest BCUT2D eigenvalue weighted by molar-refractivity contribution is 7.92. The van der Waals surface area contributed by atoms with Crippen LogP contribution in [0.4, 0.5) is 5.69 Å². The predicted molar refractivity (Wildman–Crippen MR) is 99.4 cm³/mol. The van der Waals surface area contributed by atoms with Crippen molar-refractivity contribution in [2.45, 2.75) is 52.2 Å². The number of rotatable bonds is 8. The van der Waals surface area contributed by atoms with Crippen molar-refractivity contribution in [2.75, 3.05) is 11.0 Å². The number of sulfonamides is 1. The van der Waals surface area contributed by atoms with Gasteiger partial charge in [0.25, 0.3) is 6.47 Å². The Morgan fingerprint density at radius 1 is 1.29 bits per heavy atom. The maximum absolute atomic E-state index is 12.6. The zero-order valence-corrected chi connectivity index (χ0v) is 16.7. The fourth-order valence-corrected chi connectivity index (χ4v) is 3.58. The van der Waals surface area contributed by atoms with Gasteiger partial charge >= 0.3 is 5.97 Å². The molecular weight excluding hydrogens is 386 g/mol. The van der Waals surface area contributed by atoms with Crippen LogP contribution in [0.1, 0.15) is 50.2 Å². The third kappa shape index (κ3) is 5.70. The molecule has 0 radical (unpaired) electrons. The maximum atomic E-state index is 12.6. The van der Waals surface area contributed by atoms with Crippen molar-refractivity contribution in [3.63, 3.8) is 0 Å². The second-order valence-electron chi connectivity index (χ2n) is 6.99.